The van der Waals surface area contributed by atoms with Gasteiger partial charge in [0.05, 0.1) is 17.0 Å². The van der Waals surface area contributed by atoms with Crippen LogP contribution in [0.4, 0.5) is 5.69 Å². The van der Waals surface area contributed by atoms with Crippen molar-refractivity contribution in [3.63, 3.8) is 0 Å². The number of nitrogens with zero attached hydrogens (tertiary/aromatic N) is 2. The maximum absolute atomic E-state index is 6.59. The van der Waals surface area contributed by atoms with Gasteiger partial charge >= 0.3 is 0 Å². The van der Waals surface area contributed by atoms with Crippen LogP contribution in [0.3, 0.4) is 0 Å². The van der Waals surface area contributed by atoms with Gasteiger partial charge in [-0.15, -0.1) is 0 Å². The molecule has 2 nitrogen and oxygen atoms in total. The zero-order valence-corrected chi connectivity index (χ0v) is 16.4. The molecular weight excluding hydrogens is 372 g/mol. The Morgan fingerprint density at radius 3 is 2.61 bits per heavy atom. The second-order valence-corrected chi connectivity index (χ2v) is 7.07. The van der Waals surface area contributed by atoms with Gasteiger partial charge in [0, 0.05) is 18.1 Å². The molecule has 0 saturated heterocycles. The third-order valence-corrected chi connectivity index (χ3v) is 5.11. The van der Waals surface area contributed by atoms with Gasteiger partial charge in [0.25, 0.3) is 0 Å². The average Bonchev–Trinajstić information content (AvgIpc) is 2.52. The largest absolute Gasteiger partial charge is 0.366 e. The van der Waals surface area contributed by atoms with E-state index in [9.17, 15) is 0 Å². The van der Waals surface area contributed by atoms with Gasteiger partial charge in [0.1, 0.15) is 0 Å². The highest BCUT2D eigenvalue weighted by molar-refractivity contribution is 9.10. The molecular formula is C19H22BrClN2. The van der Waals surface area contributed by atoms with E-state index < -0.39 is 0 Å². The predicted molar refractivity (Wildman–Crippen MR) is 104 cm³/mol. The first-order valence-electron chi connectivity index (χ1n) is 7.69. The summed E-state index contributed by atoms with van der Waals surface area (Å²) >= 11 is 10.1. The summed E-state index contributed by atoms with van der Waals surface area (Å²) < 4.78 is 1.13. The number of benzene rings is 2. The minimum Gasteiger partial charge on any atom is -0.366 e. The highest BCUT2D eigenvalue weighted by Crippen LogP contribution is 2.32. The number of rotatable bonds is 5. The maximum atomic E-state index is 6.59. The van der Waals surface area contributed by atoms with Gasteiger partial charge in [-0.1, -0.05) is 45.7 Å². The lowest BCUT2D eigenvalue weighted by molar-refractivity contribution is 0.552. The first kappa shape index (κ1) is 18.0. The van der Waals surface area contributed by atoms with Crippen LogP contribution in [0.1, 0.15) is 29.2 Å². The normalized spacial score (nSPS) is 11.2. The number of aryl methyl sites for hydroxylation is 2. The van der Waals surface area contributed by atoms with Crippen LogP contribution >= 0.6 is 27.5 Å². The highest BCUT2D eigenvalue weighted by Gasteiger charge is 2.09. The molecule has 4 heteroatoms. The summed E-state index contributed by atoms with van der Waals surface area (Å²) in [7, 11) is 2.00. The van der Waals surface area contributed by atoms with Crippen LogP contribution in [0.15, 0.2) is 39.8 Å². The molecule has 23 heavy (non-hydrogen) atoms. The quantitative estimate of drug-likeness (QED) is 0.454. The lowest BCUT2D eigenvalue weighted by Crippen LogP contribution is -2.14. The van der Waals surface area contributed by atoms with Gasteiger partial charge in [-0.3, -0.25) is 0 Å². The third-order valence-electron chi connectivity index (χ3n) is 3.78. The Kier molecular flexibility index (Phi) is 6.25. The van der Waals surface area contributed by atoms with Crippen molar-refractivity contribution in [2.75, 3.05) is 13.6 Å². The average molecular weight is 394 g/mol. The third kappa shape index (κ3) is 4.82. The van der Waals surface area contributed by atoms with E-state index in [1.807, 2.05) is 24.4 Å². The fourth-order valence-electron chi connectivity index (χ4n) is 2.33. The SMILES string of the molecule is CCN(C)C=Nc1cc(C)cc(Cc2ccc(Br)c(C)c2)c1Cl. The summed E-state index contributed by atoms with van der Waals surface area (Å²) in [5, 5.41) is 0.733. The van der Waals surface area contributed by atoms with E-state index in [0.29, 0.717) is 0 Å². The molecule has 0 aliphatic carbocycles. The lowest BCUT2D eigenvalue weighted by Gasteiger charge is -2.12. The van der Waals surface area contributed by atoms with E-state index in [-0.39, 0.29) is 0 Å². The van der Waals surface area contributed by atoms with Crippen LogP contribution in [0, 0.1) is 13.8 Å². The van der Waals surface area contributed by atoms with Crippen molar-refractivity contribution >= 4 is 39.6 Å². The van der Waals surface area contributed by atoms with Crippen molar-refractivity contribution in [2.24, 2.45) is 4.99 Å². The van der Waals surface area contributed by atoms with Crippen molar-refractivity contribution < 1.29 is 0 Å². The summed E-state index contributed by atoms with van der Waals surface area (Å²) in [5.41, 5.74) is 5.59. The Hall–Kier alpha value is -1.32. The Bertz CT molecular complexity index is 726. The van der Waals surface area contributed by atoms with E-state index in [1.54, 1.807) is 0 Å². The second-order valence-electron chi connectivity index (χ2n) is 5.84. The molecule has 2 aromatic carbocycles. The molecule has 0 aromatic heterocycles. The molecule has 122 valence electrons. The minimum absolute atomic E-state index is 0.733. The fraction of sp³-hybridized carbons (Fsp3) is 0.316. The first-order valence-corrected chi connectivity index (χ1v) is 8.86. The molecule has 0 aliphatic heterocycles. The van der Waals surface area contributed by atoms with Gasteiger partial charge in [0.2, 0.25) is 0 Å². The van der Waals surface area contributed by atoms with Crippen LogP contribution in [-0.2, 0) is 6.42 Å². The molecule has 0 heterocycles. The number of hydrogen-bond donors (Lipinski definition) is 0. The Morgan fingerprint density at radius 2 is 1.96 bits per heavy atom. The number of halogens is 2. The van der Waals surface area contributed by atoms with Gasteiger partial charge in [0.15, 0.2) is 0 Å². The van der Waals surface area contributed by atoms with Crippen LogP contribution in [-0.4, -0.2) is 24.8 Å². The molecule has 0 amide bonds. The van der Waals surface area contributed by atoms with Crippen molar-refractivity contribution in [3.05, 3.63) is 62.1 Å². The van der Waals surface area contributed by atoms with Gasteiger partial charge < -0.3 is 4.90 Å². The Morgan fingerprint density at radius 1 is 1.22 bits per heavy atom. The molecule has 2 aromatic rings. The predicted octanol–water partition coefficient (Wildman–Crippen LogP) is 5.92. The smallest absolute Gasteiger partial charge is 0.0910 e. The zero-order chi connectivity index (χ0) is 17.0. The summed E-state index contributed by atoms with van der Waals surface area (Å²) in [6, 6.07) is 10.6. The standard InChI is InChI=1S/C19H22BrClN2/c1-5-23(4)12-22-18-9-13(2)8-16(19(18)21)11-15-6-7-17(20)14(3)10-15/h6-10,12H,5,11H2,1-4H3. The number of hydrogen-bond acceptors (Lipinski definition) is 1. The van der Waals surface area contributed by atoms with E-state index >= 15 is 0 Å². The van der Waals surface area contributed by atoms with Crippen LogP contribution in [0.2, 0.25) is 5.02 Å². The molecule has 0 saturated carbocycles. The summed E-state index contributed by atoms with van der Waals surface area (Å²) in [4.78, 5) is 6.56. The van der Waals surface area contributed by atoms with E-state index in [4.69, 9.17) is 11.6 Å². The van der Waals surface area contributed by atoms with E-state index in [0.717, 1.165) is 33.7 Å². The van der Waals surface area contributed by atoms with Crippen LogP contribution in [0.5, 0.6) is 0 Å². The van der Waals surface area contributed by atoms with Crippen molar-refractivity contribution in [3.8, 4) is 0 Å². The van der Waals surface area contributed by atoms with Crippen molar-refractivity contribution in [1.82, 2.24) is 4.90 Å². The Labute approximate surface area is 152 Å². The highest BCUT2D eigenvalue weighted by atomic mass is 79.9. The van der Waals surface area contributed by atoms with E-state index in [1.165, 1.54) is 16.7 Å². The van der Waals surface area contributed by atoms with Crippen molar-refractivity contribution in [1.29, 1.82) is 0 Å². The summed E-state index contributed by atoms with van der Waals surface area (Å²) in [6.45, 7) is 7.18. The molecule has 0 atom stereocenters. The fourth-order valence-corrected chi connectivity index (χ4v) is 2.80. The molecule has 0 N–H and O–H groups in total. The molecule has 0 aliphatic rings. The summed E-state index contributed by atoms with van der Waals surface area (Å²) in [6.07, 6.45) is 2.63. The van der Waals surface area contributed by atoms with Crippen LogP contribution < -0.4 is 0 Å². The molecule has 2 rings (SSSR count). The molecule has 0 radical (unpaired) electrons. The Balaban J connectivity index is 2.33. The molecule has 0 bridgehead atoms. The molecule has 0 spiro atoms. The van der Waals surface area contributed by atoms with E-state index in [2.05, 4.69) is 66.0 Å². The molecule has 0 fully saturated rings. The topological polar surface area (TPSA) is 15.6 Å². The van der Waals surface area contributed by atoms with Crippen LogP contribution in [0.25, 0.3) is 0 Å². The van der Waals surface area contributed by atoms with Gasteiger partial charge in [-0.05, 0) is 61.6 Å². The second kappa shape index (κ2) is 7.98. The first-order chi connectivity index (χ1) is 10.9. The monoisotopic (exact) mass is 392 g/mol. The lowest BCUT2D eigenvalue weighted by atomic mass is 10.0. The van der Waals surface area contributed by atoms with Gasteiger partial charge in [-0.25, -0.2) is 4.99 Å². The summed E-state index contributed by atoms with van der Waals surface area (Å²) in [5.74, 6) is 0. The maximum Gasteiger partial charge on any atom is 0.0910 e. The minimum atomic E-state index is 0.733. The molecule has 0 unspecified atom stereocenters. The zero-order valence-electron chi connectivity index (χ0n) is 14.0. The number of aliphatic imine (C=N–C) groups is 1. The van der Waals surface area contributed by atoms with Crippen molar-refractivity contribution in [2.45, 2.75) is 27.2 Å². The van der Waals surface area contributed by atoms with Gasteiger partial charge in [-0.2, -0.15) is 0 Å².